The van der Waals surface area contributed by atoms with Gasteiger partial charge in [-0.3, -0.25) is 5.32 Å². The zero-order valence-corrected chi connectivity index (χ0v) is 12.6. The third-order valence-electron chi connectivity index (χ3n) is 3.09. The van der Waals surface area contributed by atoms with E-state index in [0.717, 1.165) is 31.2 Å². The fourth-order valence-corrected chi connectivity index (χ4v) is 2.07. The number of unbranched alkanes of at least 4 members (excludes halogenated alkanes) is 2. The van der Waals surface area contributed by atoms with Crippen LogP contribution in [-0.4, -0.2) is 23.8 Å². The number of rotatable bonds is 8. The van der Waals surface area contributed by atoms with Gasteiger partial charge in [0.1, 0.15) is 0 Å². The molecule has 5 nitrogen and oxygen atoms in total. The standard InChI is InChI=1S/C16H23NO4/c1-3-5-6-8-12-9-7-10-13(14(12)15(18)19)17-16(20)21-11-4-2/h7,9-10H,3-6,8,11H2,1-2H3,(H,17,20)(H,18,19). The molecule has 0 saturated heterocycles. The Morgan fingerprint density at radius 2 is 1.95 bits per heavy atom. The first-order valence-corrected chi connectivity index (χ1v) is 7.39. The van der Waals surface area contributed by atoms with Crippen molar-refractivity contribution in [2.45, 2.75) is 46.0 Å². The minimum absolute atomic E-state index is 0.155. The highest BCUT2D eigenvalue weighted by Crippen LogP contribution is 2.22. The molecule has 0 atom stereocenters. The monoisotopic (exact) mass is 293 g/mol. The first-order valence-electron chi connectivity index (χ1n) is 7.39. The highest BCUT2D eigenvalue weighted by molar-refractivity contribution is 6.00. The van der Waals surface area contributed by atoms with Crippen LogP contribution in [-0.2, 0) is 11.2 Å². The summed E-state index contributed by atoms with van der Waals surface area (Å²) in [7, 11) is 0. The van der Waals surface area contributed by atoms with Gasteiger partial charge < -0.3 is 9.84 Å². The fourth-order valence-electron chi connectivity index (χ4n) is 2.07. The van der Waals surface area contributed by atoms with E-state index < -0.39 is 12.1 Å². The number of carbonyl (C=O) groups is 2. The van der Waals surface area contributed by atoms with E-state index in [9.17, 15) is 14.7 Å². The van der Waals surface area contributed by atoms with Crippen molar-refractivity contribution < 1.29 is 19.4 Å². The molecule has 0 aromatic heterocycles. The maximum absolute atomic E-state index is 11.6. The smallest absolute Gasteiger partial charge is 0.411 e. The summed E-state index contributed by atoms with van der Waals surface area (Å²) in [6, 6.07) is 5.13. The number of aromatic carboxylic acids is 1. The molecular formula is C16H23NO4. The molecule has 0 radical (unpaired) electrons. The molecule has 1 aromatic rings. The van der Waals surface area contributed by atoms with Crippen molar-refractivity contribution in [3.8, 4) is 0 Å². The highest BCUT2D eigenvalue weighted by Gasteiger charge is 2.17. The summed E-state index contributed by atoms with van der Waals surface area (Å²) in [5, 5.41) is 11.9. The van der Waals surface area contributed by atoms with Crippen LogP contribution in [0.2, 0.25) is 0 Å². The van der Waals surface area contributed by atoms with Crippen molar-refractivity contribution in [3.05, 3.63) is 29.3 Å². The quantitative estimate of drug-likeness (QED) is 0.708. The molecule has 0 aliphatic rings. The number of aryl methyl sites for hydroxylation is 1. The number of hydrogen-bond acceptors (Lipinski definition) is 3. The molecule has 0 aliphatic carbocycles. The summed E-state index contributed by atoms with van der Waals surface area (Å²) in [4.78, 5) is 23.1. The van der Waals surface area contributed by atoms with Gasteiger partial charge in [0.05, 0.1) is 17.9 Å². The maximum Gasteiger partial charge on any atom is 0.411 e. The van der Waals surface area contributed by atoms with Gasteiger partial charge in [0.2, 0.25) is 0 Å². The second kappa shape index (κ2) is 9.00. The molecule has 0 unspecified atom stereocenters. The van der Waals surface area contributed by atoms with Gasteiger partial charge in [-0.25, -0.2) is 9.59 Å². The fraction of sp³-hybridized carbons (Fsp3) is 0.500. The van der Waals surface area contributed by atoms with Crippen LogP contribution in [0.25, 0.3) is 0 Å². The molecule has 1 rings (SSSR count). The maximum atomic E-state index is 11.6. The third kappa shape index (κ3) is 5.45. The lowest BCUT2D eigenvalue weighted by Crippen LogP contribution is -2.17. The predicted octanol–water partition coefficient (Wildman–Crippen LogP) is 4.08. The molecule has 116 valence electrons. The second-order valence-corrected chi connectivity index (χ2v) is 4.86. The molecule has 0 aliphatic heterocycles. The van der Waals surface area contributed by atoms with Gasteiger partial charge in [-0.2, -0.15) is 0 Å². The molecule has 1 aromatic carbocycles. The Kier molecular flexibility index (Phi) is 7.29. The van der Waals surface area contributed by atoms with E-state index in [1.807, 2.05) is 6.92 Å². The topological polar surface area (TPSA) is 75.6 Å². The Bertz CT molecular complexity index is 485. The van der Waals surface area contributed by atoms with Gasteiger partial charge in [0, 0.05) is 0 Å². The molecule has 0 fully saturated rings. The summed E-state index contributed by atoms with van der Waals surface area (Å²) >= 11 is 0. The number of nitrogens with one attached hydrogen (secondary N) is 1. The van der Waals surface area contributed by atoms with Crippen molar-refractivity contribution in [1.82, 2.24) is 0 Å². The lowest BCUT2D eigenvalue weighted by atomic mass is 9.99. The number of carboxylic acids is 1. The van der Waals surface area contributed by atoms with Gasteiger partial charge in [0.25, 0.3) is 0 Å². The number of hydrogen-bond donors (Lipinski definition) is 2. The summed E-state index contributed by atoms with van der Waals surface area (Å²) in [6.45, 7) is 4.30. The van der Waals surface area contributed by atoms with Gasteiger partial charge in [-0.05, 0) is 30.9 Å². The van der Waals surface area contributed by atoms with Gasteiger partial charge >= 0.3 is 12.1 Å². The zero-order valence-electron chi connectivity index (χ0n) is 12.6. The largest absolute Gasteiger partial charge is 0.478 e. The van der Waals surface area contributed by atoms with E-state index in [2.05, 4.69) is 12.2 Å². The SMILES string of the molecule is CCCCCc1cccc(NC(=O)OCCC)c1C(=O)O. The van der Waals surface area contributed by atoms with Gasteiger partial charge in [-0.15, -0.1) is 0 Å². The molecule has 5 heteroatoms. The van der Waals surface area contributed by atoms with E-state index in [1.54, 1.807) is 18.2 Å². The number of anilines is 1. The number of ether oxygens (including phenoxy) is 1. The number of carbonyl (C=O) groups excluding carboxylic acids is 1. The number of benzene rings is 1. The molecule has 21 heavy (non-hydrogen) atoms. The van der Waals surface area contributed by atoms with E-state index in [-0.39, 0.29) is 11.3 Å². The Morgan fingerprint density at radius 3 is 2.57 bits per heavy atom. The Labute approximate surface area is 125 Å². The normalized spacial score (nSPS) is 10.2. The van der Waals surface area contributed by atoms with Crippen LogP contribution in [0.5, 0.6) is 0 Å². The van der Waals surface area contributed by atoms with E-state index in [4.69, 9.17) is 4.74 Å². The summed E-state index contributed by atoms with van der Waals surface area (Å²) in [6.07, 6.45) is 3.84. The van der Waals surface area contributed by atoms with Crippen molar-refractivity contribution >= 4 is 17.7 Å². The minimum atomic E-state index is -1.03. The van der Waals surface area contributed by atoms with Crippen LogP contribution in [0, 0.1) is 0 Å². The van der Waals surface area contributed by atoms with E-state index in [0.29, 0.717) is 13.0 Å². The molecule has 0 heterocycles. The lowest BCUT2D eigenvalue weighted by Gasteiger charge is -2.12. The average Bonchev–Trinajstić information content (AvgIpc) is 2.45. The second-order valence-electron chi connectivity index (χ2n) is 4.86. The van der Waals surface area contributed by atoms with Crippen molar-refractivity contribution in [2.75, 3.05) is 11.9 Å². The molecule has 2 N–H and O–H groups in total. The summed E-state index contributed by atoms with van der Waals surface area (Å²) < 4.78 is 4.93. The summed E-state index contributed by atoms with van der Waals surface area (Å²) in [5.74, 6) is -1.03. The Balaban J connectivity index is 2.89. The Morgan fingerprint density at radius 1 is 1.19 bits per heavy atom. The zero-order chi connectivity index (χ0) is 15.7. The van der Waals surface area contributed by atoms with Gasteiger partial charge in [-0.1, -0.05) is 38.8 Å². The summed E-state index contributed by atoms with van der Waals surface area (Å²) in [5.41, 5.74) is 1.18. The van der Waals surface area contributed by atoms with Crippen molar-refractivity contribution in [2.24, 2.45) is 0 Å². The minimum Gasteiger partial charge on any atom is -0.478 e. The highest BCUT2D eigenvalue weighted by atomic mass is 16.5. The number of amides is 1. The van der Waals surface area contributed by atoms with Crippen LogP contribution in [0.4, 0.5) is 10.5 Å². The first-order chi connectivity index (χ1) is 10.1. The van der Waals surface area contributed by atoms with E-state index >= 15 is 0 Å². The first kappa shape index (κ1) is 17.0. The third-order valence-corrected chi connectivity index (χ3v) is 3.09. The van der Waals surface area contributed by atoms with Crippen LogP contribution in [0.3, 0.4) is 0 Å². The Hall–Kier alpha value is -2.04. The van der Waals surface area contributed by atoms with E-state index in [1.165, 1.54) is 0 Å². The molecule has 0 bridgehead atoms. The predicted molar refractivity (Wildman–Crippen MR) is 81.9 cm³/mol. The molecular weight excluding hydrogens is 270 g/mol. The number of carboxylic acid groups (broad SMARTS) is 1. The molecule has 0 spiro atoms. The molecule has 1 amide bonds. The van der Waals surface area contributed by atoms with Crippen molar-refractivity contribution in [3.63, 3.8) is 0 Å². The average molecular weight is 293 g/mol. The van der Waals surface area contributed by atoms with Crippen LogP contribution in [0.1, 0.15) is 55.5 Å². The van der Waals surface area contributed by atoms with Crippen molar-refractivity contribution in [1.29, 1.82) is 0 Å². The lowest BCUT2D eigenvalue weighted by molar-refractivity contribution is 0.0697. The molecule has 0 saturated carbocycles. The van der Waals surface area contributed by atoms with Gasteiger partial charge in [0.15, 0.2) is 0 Å². The van der Waals surface area contributed by atoms with Crippen LogP contribution < -0.4 is 5.32 Å². The van der Waals surface area contributed by atoms with Crippen LogP contribution in [0.15, 0.2) is 18.2 Å². The van der Waals surface area contributed by atoms with Crippen LogP contribution >= 0.6 is 0 Å².